The van der Waals surface area contributed by atoms with Crippen LogP contribution in [0.1, 0.15) is 60.5 Å². The third-order valence-corrected chi connectivity index (χ3v) is 10.2. The molecule has 49 heavy (non-hydrogen) atoms. The molecule has 2 bridgehead atoms. The average Bonchev–Trinajstić information content (AvgIpc) is 3.61. The Morgan fingerprint density at radius 2 is 1.80 bits per heavy atom. The summed E-state index contributed by atoms with van der Waals surface area (Å²) < 4.78 is 11.5. The molecule has 13 nitrogen and oxygen atoms in total. The number of rotatable bonds is 2. The first-order valence-corrected chi connectivity index (χ1v) is 17.2. The molecule has 0 aromatic heterocycles. The molecule has 4 aliphatic rings. The number of benzene rings is 2. The van der Waals surface area contributed by atoms with Gasteiger partial charge < -0.3 is 40.3 Å². The van der Waals surface area contributed by atoms with Crippen molar-refractivity contribution >= 4 is 29.5 Å². The van der Waals surface area contributed by atoms with Crippen molar-refractivity contribution in [2.45, 2.75) is 70.0 Å². The van der Waals surface area contributed by atoms with E-state index in [9.17, 15) is 29.1 Å². The number of piperidine rings is 1. The highest BCUT2D eigenvalue weighted by molar-refractivity contribution is 5.95. The summed E-state index contributed by atoms with van der Waals surface area (Å²) in [6, 6.07) is 10.1. The lowest BCUT2D eigenvalue weighted by atomic mass is 9.73. The number of nitrogens with one attached hydrogen (secondary N) is 3. The molecule has 5 amide bonds. The summed E-state index contributed by atoms with van der Waals surface area (Å²) in [7, 11) is 0. The minimum Gasteiger partial charge on any atom is -0.493 e. The first-order chi connectivity index (χ1) is 23.6. The summed E-state index contributed by atoms with van der Waals surface area (Å²) >= 11 is 0. The highest BCUT2D eigenvalue weighted by atomic mass is 16.5. The minimum atomic E-state index is -1.22. The van der Waals surface area contributed by atoms with Crippen LogP contribution in [0.3, 0.4) is 0 Å². The number of ether oxygens (including phenoxy) is 2. The fourth-order valence-electron chi connectivity index (χ4n) is 7.36. The molecule has 2 saturated heterocycles. The molecule has 2 aromatic rings. The number of fused-ring (bicyclic) bond motifs is 4. The molecule has 4 heterocycles. The van der Waals surface area contributed by atoms with Crippen LogP contribution in [0.4, 0.5) is 0 Å². The van der Waals surface area contributed by atoms with Gasteiger partial charge in [0, 0.05) is 31.7 Å². The van der Waals surface area contributed by atoms with Gasteiger partial charge in [0.25, 0.3) is 11.8 Å². The van der Waals surface area contributed by atoms with Crippen LogP contribution < -0.4 is 25.4 Å². The Morgan fingerprint density at radius 3 is 2.59 bits per heavy atom. The predicted octanol–water partition coefficient (Wildman–Crippen LogP) is 0.958. The quantitative estimate of drug-likeness (QED) is 0.366. The Kier molecular flexibility index (Phi) is 10.4. The number of nitrogens with zero attached hydrogens (tertiary/aromatic N) is 2. The molecule has 13 heteroatoms. The van der Waals surface area contributed by atoms with Gasteiger partial charge in [-0.3, -0.25) is 24.0 Å². The van der Waals surface area contributed by atoms with Crippen LogP contribution in [0.15, 0.2) is 42.5 Å². The summed E-state index contributed by atoms with van der Waals surface area (Å²) in [5.41, 5.74) is 2.14. The number of carbonyl (C=O) groups excluding carboxylic acids is 5. The number of aliphatic hydroxyl groups excluding tert-OH is 1. The van der Waals surface area contributed by atoms with Gasteiger partial charge in [-0.05, 0) is 98.7 Å². The number of likely N-dealkylation sites (tertiary alicyclic amines) is 1. The van der Waals surface area contributed by atoms with Gasteiger partial charge in [0.2, 0.25) is 17.7 Å². The molecule has 6 rings (SSSR count). The van der Waals surface area contributed by atoms with Crippen molar-refractivity contribution in [3.05, 3.63) is 59.2 Å². The lowest BCUT2D eigenvalue weighted by Crippen LogP contribution is -2.57. The van der Waals surface area contributed by atoms with Crippen molar-refractivity contribution in [1.29, 1.82) is 0 Å². The van der Waals surface area contributed by atoms with E-state index in [4.69, 9.17) is 9.47 Å². The lowest BCUT2D eigenvalue weighted by Gasteiger charge is -2.42. The van der Waals surface area contributed by atoms with Crippen LogP contribution in [0.2, 0.25) is 0 Å². The van der Waals surface area contributed by atoms with Crippen LogP contribution in [0.5, 0.6) is 11.5 Å². The maximum atomic E-state index is 13.6. The number of hydrogen-bond donors (Lipinski definition) is 4. The molecule has 1 spiro atoms. The van der Waals surface area contributed by atoms with Crippen LogP contribution in [-0.4, -0.2) is 109 Å². The predicted molar refractivity (Wildman–Crippen MR) is 178 cm³/mol. The summed E-state index contributed by atoms with van der Waals surface area (Å²) in [6.07, 6.45) is 4.51. The third-order valence-electron chi connectivity index (χ3n) is 10.2. The van der Waals surface area contributed by atoms with Gasteiger partial charge in [-0.25, -0.2) is 0 Å². The number of aryl methyl sites for hydroxylation is 1. The maximum absolute atomic E-state index is 13.6. The zero-order valence-corrected chi connectivity index (χ0v) is 27.9. The summed E-state index contributed by atoms with van der Waals surface area (Å²) in [6.45, 7) is 2.85. The normalized spacial score (nSPS) is 24.9. The van der Waals surface area contributed by atoms with Gasteiger partial charge in [0.15, 0.2) is 6.61 Å². The number of carbonyl (C=O) groups is 5. The van der Waals surface area contributed by atoms with Gasteiger partial charge >= 0.3 is 0 Å². The van der Waals surface area contributed by atoms with Gasteiger partial charge in [0.1, 0.15) is 29.6 Å². The monoisotopic (exact) mass is 675 g/mol. The largest absolute Gasteiger partial charge is 0.493 e. The van der Waals surface area contributed by atoms with Crippen molar-refractivity contribution in [2.24, 2.45) is 5.41 Å². The molecule has 0 aliphatic carbocycles. The highest BCUT2D eigenvalue weighted by Gasteiger charge is 2.40. The number of aliphatic hydroxyl groups is 1. The molecule has 2 aromatic carbocycles. The van der Waals surface area contributed by atoms with Crippen molar-refractivity contribution < 1.29 is 38.6 Å². The lowest BCUT2D eigenvalue weighted by molar-refractivity contribution is -0.142. The summed E-state index contributed by atoms with van der Waals surface area (Å²) in [4.78, 5) is 69.6. The maximum Gasteiger partial charge on any atom is 0.258 e. The Labute approximate surface area is 285 Å². The Balaban J connectivity index is 1.22. The van der Waals surface area contributed by atoms with Gasteiger partial charge in [-0.2, -0.15) is 0 Å². The first kappa shape index (κ1) is 34.2. The number of amides is 5. The SMILES string of the molecule is C[C@@H]1NC(=O)COc2cccc(c2)CC2(CCN(C(=O)c3ccc4c(c3)CCCO4)CC2)CNC(=O)[C@H](CO)NC(=O)[C@@H]2CCCN2C1=O. The third kappa shape index (κ3) is 7.82. The van der Waals surface area contributed by atoms with Crippen molar-refractivity contribution in [2.75, 3.05) is 46.0 Å². The van der Waals surface area contributed by atoms with E-state index < -0.39 is 53.8 Å². The molecule has 2 fully saturated rings. The highest BCUT2D eigenvalue weighted by Crippen LogP contribution is 2.36. The van der Waals surface area contributed by atoms with Gasteiger partial charge in [-0.15, -0.1) is 0 Å². The van der Waals surface area contributed by atoms with E-state index in [1.54, 1.807) is 13.0 Å². The van der Waals surface area contributed by atoms with Crippen LogP contribution >= 0.6 is 0 Å². The van der Waals surface area contributed by atoms with Crippen LogP contribution in [0, 0.1) is 5.41 Å². The van der Waals surface area contributed by atoms with Gasteiger partial charge in [-0.1, -0.05) is 12.1 Å². The first-order valence-electron chi connectivity index (χ1n) is 17.2. The van der Waals surface area contributed by atoms with Crippen LogP contribution in [0.25, 0.3) is 0 Å². The molecule has 4 aliphatic heterocycles. The van der Waals surface area contributed by atoms with E-state index in [0.717, 1.165) is 29.7 Å². The average molecular weight is 676 g/mol. The van der Waals surface area contributed by atoms with E-state index in [1.807, 2.05) is 41.3 Å². The van der Waals surface area contributed by atoms with Crippen LogP contribution in [-0.2, 0) is 32.0 Å². The van der Waals surface area contributed by atoms with E-state index in [-0.39, 0.29) is 19.1 Å². The molecule has 4 N–H and O–H groups in total. The second-order valence-electron chi connectivity index (χ2n) is 13.6. The molecular formula is C36H45N5O8. The summed E-state index contributed by atoms with van der Waals surface area (Å²) in [5.74, 6) is -0.682. The molecule has 0 unspecified atom stereocenters. The smallest absolute Gasteiger partial charge is 0.258 e. The second-order valence-corrected chi connectivity index (χ2v) is 13.6. The number of hydrogen-bond acceptors (Lipinski definition) is 8. The zero-order valence-electron chi connectivity index (χ0n) is 27.9. The molecular weight excluding hydrogens is 630 g/mol. The second kappa shape index (κ2) is 14.9. The summed E-state index contributed by atoms with van der Waals surface area (Å²) in [5, 5.41) is 18.4. The Bertz CT molecular complexity index is 1590. The van der Waals surface area contributed by atoms with Crippen molar-refractivity contribution in [3.8, 4) is 11.5 Å². The fraction of sp³-hybridized carbons (Fsp3) is 0.528. The zero-order chi connectivity index (χ0) is 34.5. The molecule has 3 atom stereocenters. The van der Waals surface area contributed by atoms with Crippen molar-refractivity contribution in [1.82, 2.24) is 25.8 Å². The standard InChI is InChI=1S/C36H45N5O8/c1-23-34(46)41-13-3-8-29(41)33(45)39-28(20-42)32(44)37-22-36(19-24-5-2-7-27(17-24)49-21-31(43)38-23)11-14-40(15-12-36)35(47)26-9-10-30-25(18-26)6-4-16-48-30/h2,5,7,9-10,17-18,23,28-29,42H,3-4,6,8,11-16,19-22H2,1H3,(H,37,44)(H,38,43)(H,39,45)/t23-,28-,29-/m0/s1. The van der Waals surface area contributed by atoms with Gasteiger partial charge in [0.05, 0.1) is 13.2 Å². The fourth-order valence-corrected chi connectivity index (χ4v) is 7.36. The van der Waals surface area contributed by atoms with E-state index in [2.05, 4.69) is 16.0 Å². The van der Waals surface area contributed by atoms with E-state index in [0.29, 0.717) is 69.7 Å². The Hall–Kier alpha value is -4.65. The van der Waals surface area contributed by atoms with E-state index in [1.165, 1.54) is 4.90 Å². The molecule has 0 saturated carbocycles. The van der Waals surface area contributed by atoms with E-state index >= 15 is 0 Å². The Morgan fingerprint density at radius 1 is 0.980 bits per heavy atom. The molecule has 262 valence electrons. The topological polar surface area (TPSA) is 167 Å². The molecule has 0 radical (unpaired) electrons. The minimum absolute atomic E-state index is 0.0474. The van der Waals surface area contributed by atoms with Crippen molar-refractivity contribution in [3.63, 3.8) is 0 Å².